The Morgan fingerprint density at radius 2 is 1.89 bits per heavy atom. The first-order valence-corrected chi connectivity index (χ1v) is 12.1. The number of nitrogens with zero attached hydrogens (tertiary/aromatic N) is 4. The lowest BCUT2D eigenvalue weighted by Gasteiger charge is -2.20. The molecule has 0 aliphatic heterocycles. The highest BCUT2D eigenvalue weighted by molar-refractivity contribution is 5.94. The number of primary amides is 1. The minimum Gasteiger partial charge on any atom is -0.497 e. The van der Waals surface area contributed by atoms with Crippen molar-refractivity contribution in [3.63, 3.8) is 0 Å². The largest absolute Gasteiger partial charge is 0.497 e. The number of para-hydroxylation sites is 1. The van der Waals surface area contributed by atoms with Gasteiger partial charge in [-0.3, -0.25) is 14.6 Å². The SMILES string of the molecule is COc1ccc(Cn2c(CC(N)=O)nnc2[C@@H](Cc2c[nH]c3ccccc23)NC(=O)c2cccnc2)cc1. The van der Waals surface area contributed by atoms with E-state index in [1.54, 1.807) is 25.4 Å². The van der Waals surface area contributed by atoms with Crippen molar-refractivity contribution in [2.24, 2.45) is 5.73 Å². The fourth-order valence-corrected chi connectivity index (χ4v) is 4.45. The van der Waals surface area contributed by atoms with E-state index in [9.17, 15) is 9.59 Å². The van der Waals surface area contributed by atoms with Gasteiger partial charge in [0.2, 0.25) is 5.91 Å². The third kappa shape index (κ3) is 5.39. The number of H-pyrrole nitrogens is 1. The molecule has 5 rings (SSSR count). The number of nitrogens with one attached hydrogen (secondary N) is 2. The van der Waals surface area contributed by atoms with Gasteiger partial charge in [0.1, 0.15) is 11.6 Å². The number of amides is 2. The predicted octanol–water partition coefficient (Wildman–Crippen LogP) is 2.95. The van der Waals surface area contributed by atoms with Gasteiger partial charge in [-0.15, -0.1) is 10.2 Å². The van der Waals surface area contributed by atoms with Crippen LogP contribution in [0.4, 0.5) is 0 Å². The quantitative estimate of drug-likeness (QED) is 0.264. The van der Waals surface area contributed by atoms with Crippen molar-refractivity contribution in [2.45, 2.75) is 25.4 Å². The second-order valence-corrected chi connectivity index (χ2v) is 8.88. The van der Waals surface area contributed by atoms with Gasteiger partial charge in [-0.1, -0.05) is 30.3 Å². The zero-order chi connectivity index (χ0) is 26.5. The second kappa shape index (κ2) is 11.0. The molecule has 38 heavy (non-hydrogen) atoms. The van der Waals surface area contributed by atoms with Gasteiger partial charge >= 0.3 is 0 Å². The highest BCUT2D eigenvalue weighted by Crippen LogP contribution is 2.26. The highest BCUT2D eigenvalue weighted by Gasteiger charge is 2.26. The number of carbonyl (C=O) groups is 2. The van der Waals surface area contributed by atoms with Gasteiger partial charge < -0.3 is 25.3 Å². The Bertz CT molecular complexity index is 1560. The van der Waals surface area contributed by atoms with E-state index in [0.29, 0.717) is 30.2 Å². The van der Waals surface area contributed by atoms with Crippen LogP contribution in [0.1, 0.15) is 39.2 Å². The van der Waals surface area contributed by atoms with Crippen LogP contribution >= 0.6 is 0 Å². The third-order valence-electron chi connectivity index (χ3n) is 6.33. The fraction of sp³-hybridized carbons (Fsp3) is 0.179. The Morgan fingerprint density at radius 1 is 1.08 bits per heavy atom. The molecule has 2 aromatic carbocycles. The molecule has 3 heterocycles. The second-order valence-electron chi connectivity index (χ2n) is 8.88. The fourth-order valence-electron chi connectivity index (χ4n) is 4.45. The number of fused-ring (bicyclic) bond motifs is 1. The average molecular weight is 510 g/mol. The van der Waals surface area contributed by atoms with Crippen molar-refractivity contribution >= 4 is 22.7 Å². The van der Waals surface area contributed by atoms with Crippen molar-refractivity contribution in [3.05, 3.63) is 108 Å². The zero-order valence-corrected chi connectivity index (χ0v) is 20.8. The van der Waals surface area contributed by atoms with E-state index in [2.05, 4.69) is 25.5 Å². The number of carbonyl (C=O) groups excluding carboxylic acids is 2. The van der Waals surface area contributed by atoms with Crippen LogP contribution in [0, 0.1) is 0 Å². The molecule has 10 nitrogen and oxygen atoms in total. The first-order valence-electron chi connectivity index (χ1n) is 12.1. The number of rotatable bonds is 10. The Labute approximate surface area is 218 Å². The number of hydrogen-bond donors (Lipinski definition) is 3. The minimum absolute atomic E-state index is 0.0838. The summed E-state index contributed by atoms with van der Waals surface area (Å²) in [4.78, 5) is 32.4. The standard InChI is InChI=1S/C28H27N7O3/c1-38-21-10-8-18(9-11-21)17-35-26(14-25(29)36)33-34-27(35)24(32-28(37)19-5-4-12-30-15-19)13-20-16-31-23-7-3-2-6-22(20)23/h2-12,15-16,24,31H,13-14,17H2,1H3,(H2,29,36)(H,32,37)/t24-/m1/s1. The predicted molar refractivity (Wildman–Crippen MR) is 141 cm³/mol. The van der Waals surface area contributed by atoms with E-state index in [4.69, 9.17) is 10.5 Å². The molecule has 2 amide bonds. The summed E-state index contributed by atoms with van der Waals surface area (Å²) in [7, 11) is 1.61. The number of aromatic amines is 1. The van der Waals surface area contributed by atoms with E-state index in [1.165, 1.54) is 6.20 Å². The molecule has 4 N–H and O–H groups in total. The molecular weight excluding hydrogens is 482 g/mol. The average Bonchev–Trinajstić information content (AvgIpc) is 3.52. The Hall–Kier alpha value is -4.99. The maximum Gasteiger partial charge on any atom is 0.253 e. The van der Waals surface area contributed by atoms with Crippen molar-refractivity contribution in [2.75, 3.05) is 7.11 Å². The van der Waals surface area contributed by atoms with Crippen LogP contribution in [-0.4, -0.2) is 43.7 Å². The van der Waals surface area contributed by atoms with Crippen LogP contribution in [0.5, 0.6) is 5.75 Å². The minimum atomic E-state index is -0.561. The maximum absolute atomic E-state index is 13.2. The van der Waals surface area contributed by atoms with Gasteiger partial charge in [0.05, 0.1) is 31.7 Å². The molecule has 5 aromatic rings. The van der Waals surface area contributed by atoms with E-state index >= 15 is 0 Å². The summed E-state index contributed by atoms with van der Waals surface area (Å²) in [6, 6.07) is 18.4. The Morgan fingerprint density at radius 3 is 2.63 bits per heavy atom. The molecule has 0 aliphatic carbocycles. The lowest BCUT2D eigenvalue weighted by Crippen LogP contribution is -2.32. The van der Waals surface area contributed by atoms with Crippen LogP contribution in [0.3, 0.4) is 0 Å². The van der Waals surface area contributed by atoms with Gasteiger partial charge in [0.15, 0.2) is 5.82 Å². The van der Waals surface area contributed by atoms with E-state index in [0.717, 1.165) is 27.8 Å². The van der Waals surface area contributed by atoms with E-state index in [1.807, 2.05) is 59.3 Å². The summed E-state index contributed by atoms with van der Waals surface area (Å²) in [5, 5.41) is 12.9. The molecule has 0 radical (unpaired) electrons. The zero-order valence-electron chi connectivity index (χ0n) is 20.8. The summed E-state index contributed by atoms with van der Waals surface area (Å²) in [6.45, 7) is 0.377. The van der Waals surface area contributed by atoms with Gasteiger partial charge in [0.25, 0.3) is 5.91 Å². The Balaban J connectivity index is 1.55. The topological polar surface area (TPSA) is 141 Å². The molecule has 0 unspecified atom stereocenters. The Kier molecular flexibility index (Phi) is 7.12. The molecule has 0 saturated heterocycles. The first-order chi connectivity index (χ1) is 18.5. The molecule has 0 saturated carbocycles. The van der Waals surface area contributed by atoms with E-state index < -0.39 is 11.9 Å². The number of hydrogen-bond acceptors (Lipinski definition) is 6. The van der Waals surface area contributed by atoms with Crippen molar-refractivity contribution < 1.29 is 14.3 Å². The van der Waals surface area contributed by atoms with Gasteiger partial charge in [-0.05, 0) is 41.5 Å². The number of benzene rings is 2. The summed E-state index contributed by atoms with van der Waals surface area (Å²) in [6.07, 6.45) is 5.41. The molecule has 0 bridgehead atoms. The monoisotopic (exact) mass is 509 g/mol. The molecule has 1 atom stereocenters. The van der Waals surface area contributed by atoms with Crippen LogP contribution < -0.4 is 15.8 Å². The lowest BCUT2D eigenvalue weighted by molar-refractivity contribution is -0.117. The van der Waals surface area contributed by atoms with Crippen LogP contribution in [0.2, 0.25) is 0 Å². The summed E-state index contributed by atoms with van der Waals surface area (Å²) >= 11 is 0. The van der Waals surface area contributed by atoms with Crippen LogP contribution in [-0.2, 0) is 24.2 Å². The smallest absolute Gasteiger partial charge is 0.253 e. The highest BCUT2D eigenvalue weighted by atomic mass is 16.5. The number of nitrogens with two attached hydrogens (primary N) is 1. The molecule has 0 fully saturated rings. The van der Waals surface area contributed by atoms with E-state index in [-0.39, 0.29) is 12.3 Å². The van der Waals surface area contributed by atoms with Gasteiger partial charge in [0, 0.05) is 35.9 Å². The first kappa shape index (κ1) is 24.7. The molecule has 0 aliphatic rings. The normalized spacial score (nSPS) is 11.8. The van der Waals surface area contributed by atoms with Gasteiger partial charge in [-0.2, -0.15) is 0 Å². The maximum atomic E-state index is 13.2. The van der Waals surface area contributed by atoms with Crippen LogP contribution in [0.25, 0.3) is 10.9 Å². The van der Waals surface area contributed by atoms with Crippen LogP contribution in [0.15, 0.2) is 79.3 Å². The number of ether oxygens (including phenoxy) is 1. The summed E-state index contributed by atoms with van der Waals surface area (Å²) < 4.78 is 7.12. The molecule has 192 valence electrons. The number of pyridine rings is 1. The molecule has 0 spiro atoms. The molecular formula is C28H27N7O3. The van der Waals surface area contributed by atoms with Crippen molar-refractivity contribution in [3.8, 4) is 5.75 Å². The van der Waals surface area contributed by atoms with Gasteiger partial charge in [-0.25, -0.2) is 0 Å². The third-order valence-corrected chi connectivity index (χ3v) is 6.33. The summed E-state index contributed by atoms with van der Waals surface area (Å²) in [5.74, 6) is 0.851. The molecule has 3 aromatic heterocycles. The van der Waals surface area contributed by atoms with Crippen molar-refractivity contribution in [1.29, 1.82) is 0 Å². The number of aromatic nitrogens is 5. The molecule has 10 heteroatoms. The van der Waals surface area contributed by atoms with Crippen molar-refractivity contribution in [1.82, 2.24) is 30.0 Å². The number of methoxy groups -OCH3 is 1. The lowest BCUT2D eigenvalue weighted by atomic mass is 10.0. The summed E-state index contributed by atoms with van der Waals surface area (Å²) in [5.41, 5.74) is 8.89.